The lowest BCUT2D eigenvalue weighted by molar-refractivity contribution is 0.754. The van der Waals surface area contributed by atoms with Crippen molar-refractivity contribution in [3.05, 3.63) is 0 Å². The molecule has 3 heteroatoms. The number of halogens is 1. The highest BCUT2D eigenvalue weighted by Gasteiger charge is 1.78. The summed E-state index contributed by atoms with van der Waals surface area (Å²) in [7, 11) is 0. The standard InChI is InChI=1S/C2H7IN2/c1-2(4)5-3/h2,5H,4H2,1H3/t2-/m1/s1. The molecule has 0 fully saturated rings. The molecule has 0 aliphatic heterocycles. The third-order valence-corrected chi connectivity index (χ3v) is 1.15. The van der Waals surface area contributed by atoms with E-state index in [0.717, 1.165) is 0 Å². The summed E-state index contributed by atoms with van der Waals surface area (Å²) in [5, 5.41) is 0. The number of rotatable bonds is 1. The van der Waals surface area contributed by atoms with Gasteiger partial charge < -0.3 is 5.73 Å². The molecule has 5 heavy (non-hydrogen) atoms. The van der Waals surface area contributed by atoms with Crippen molar-refractivity contribution >= 4 is 22.9 Å². The van der Waals surface area contributed by atoms with Crippen molar-refractivity contribution in [3.8, 4) is 0 Å². The number of hydrogen-bond acceptors (Lipinski definition) is 2. The first-order valence-corrected chi connectivity index (χ1v) is 2.47. The van der Waals surface area contributed by atoms with Crippen LogP contribution in [0, 0.1) is 0 Å². The summed E-state index contributed by atoms with van der Waals surface area (Å²) in [6.07, 6.45) is 0.121. The summed E-state index contributed by atoms with van der Waals surface area (Å²) in [6, 6.07) is 0. The molecule has 32 valence electrons. The van der Waals surface area contributed by atoms with Gasteiger partial charge in [0, 0.05) is 22.9 Å². The van der Waals surface area contributed by atoms with E-state index >= 15 is 0 Å². The predicted octanol–water partition coefficient (Wildman–Crippen LogP) is 0.231. The monoisotopic (exact) mass is 186 g/mol. The first kappa shape index (κ1) is 5.65. The molecule has 0 aromatic rings. The van der Waals surface area contributed by atoms with Crippen molar-refractivity contribution in [2.75, 3.05) is 0 Å². The van der Waals surface area contributed by atoms with Crippen LogP contribution in [0.25, 0.3) is 0 Å². The molecular formula is C2H7IN2. The summed E-state index contributed by atoms with van der Waals surface area (Å²) in [6.45, 7) is 1.88. The quantitative estimate of drug-likeness (QED) is 0.349. The van der Waals surface area contributed by atoms with Gasteiger partial charge in [-0.3, -0.25) is 0 Å². The van der Waals surface area contributed by atoms with Crippen LogP contribution in [0.4, 0.5) is 0 Å². The van der Waals surface area contributed by atoms with E-state index in [0.29, 0.717) is 0 Å². The highest BCUT2D eigenvalue weighted by atomic mass is 127. The Bertz CT molecular complexity index is 21.6. The number of nitrogens with two attached hydrogens (primary N) is 1. The second-order valence-corrected chi connectivity index (χ2v) is 1.52. The molecule has 0 saturated heterocycles. The molecule has 1 atom stereocenters. The Morgan fingerprint density at radius 3 is 2.20 bits per heavy atom. The zero-order chi connectivity index (χ0) is 4.28. The van der Waals surface area contributed by atoms with Crippen LogP contribution in [0.3, 0.4) is 0 Å². The fraction of sp³-hybridized carbons (Fsp3) is 1.00. The van der Waals surface area contributed by atoms with E-state index in [1.54, 1.807) is 0 Å². The first-order valence-electron chi connectivity index (χ1n) is 1.39. The average molecular weight is 186 g/mol. The lowest BCUT2D eigenvalue weighted by Crippen LogP contribution is -2.25. The Morgan fingerprint density at radius 1 is 2.00 bits per heavy atom. The molecule has 0 aliphatic carbocycles. The van der Waals surface area contributed by atoms with Gasteiger partial charge in [0.15, 0.2) is 0 Å². The third kappa shape index (κ3) is 4.65. The minimum Gasteiger partial charge on any atom is -0.316 e. The lowest BCUT2D eigenvalue weighted by atomic mass is 10.7. The minimum absolute atomic E-state index is 0.121. The Hall–Kier alpha value is 0.650. The van der Waals surface area contributed by atoms with Crippen LogP contribution in [-0.4, -0.2) is 6.17 Å². The van der Waals surface area contributed by atoms with E-state index in [1.165, 1.54) is 0 Å². The first-order chi connectivity index (χ1) is 2.27. The smallest absolute Gasteiger partial charge is 0.0606 e. The number of nitrogens with one attached hydrogen (secondary N) is 1. The van der Waals surface area contributed by atoms with Crippen molar-refractivity contribution in [1.29, 1.82) is 0 Å². The lowest BCUT2D eigenvalue weighted by Gasteiger charge is -1.93. The average Bonchev–Trinajstić information content (AvgIpc) is 1.38. The third-order valence-electron chi connectivity index (χ3n) is 0.172. The summed E-state index contributed by atoms with van der Waals surface area (Å²) in [5.74, 6) is 0. The predicted molar refractivity (Wildman–Crippen MR) is 30.8 cm³/mol. The van der Waals surface area contributed by atoms with Gasteiger partial charge in [-0.15, -0.1) is 0 Å². The zero-order valence-corrected chi connectivity index (χ0v) is 5.19. The Labute approximate surface area is 45.6 Å². The van der Waals surface area contributed by atoms with Crippen LogP contribution in [0.15, 0.2) is 0 Å². The van der Waals surface area contributed by atoms with Crippen molar-refractivity contribution in [2.45, 2.75) is 13.1 Å². The van der Waals surface area contributed by atoms with Crippen molar-refractivity contribution < 1.29 is 0 Å². The number of hydrogen-bond donors (Lipinski definition) is 2. The summed E-state index contributed by atoms with van der Waals surface area (Å²) < 4.78 is 2.78. The topological polar surface area (TPSA) is 38.0 Å². The second kappa shape index (κ2) is 2.87. The molecule has 0 aliphatic rings. The molecule has 0 unspecified atom stereocenters. The van der Waals surface area contributed by atoms with Gasteiger partial charge in [-0.05, 0) is 6.92 Å². The van der Waals surface area contributed by atoms with E-state index in [1.807, 2.05) is 29.8 Å². The molecule has 0 aromatic carbocycles. The van der Waals surface area contributed by atoms with Crippen LogP contribution in [0.1, 0.15) is 6.92 Å². The van der Waals surface area contributed by atoms with Gasteiger partial charge in [-0.1, -0.05) is 0 Å². The normalized spacial score (nSPS) is 15.0. The van der Waals surface area contributed by atoms with Crippen LogP contribution in [0.2, 0.25) is 0 Å². The van der Waals surface area contributed by atoms with Crippen LogP contribution >= 0.6 is 22.9 Å². The van der Waals surface area contributed by atoms with Gasteiger partial charge >= 0.3 is 0 Å². The molecule has 0 amide bonds. The van der Waals surface area contributed by atoms with Gasteiger partial charge in [0.05, 0.1) is 6.17 Å². The van der Waals surface area contributed by atoms with Crippen LogP contribution in [-0.2, 0) is 0 Å². The van der Waals surface area contributed by atoms with Gasteiger partial charge in [0.25, 0.3) is 0 Å². The molecule has 0 bridgehead atoms. The van der Waals surface area contributed by atoms with E-state index < -0.39 is 0 Å². The second-order valence-electron chi connectivity index (χ2n) is 0.898. The zero-order valence-electron chi connectivity index (χ0n) is 3.03. The van der Waals surface area contributed by atoms with Crippen LogP contribution < -0.4 is 9.26 Å². The molecule has 3 N–H and O–H groups in total. The molecular weight excluding hydrogens is 179 g/mol. The Morgan fingerprint density at radius 2 is 2.20 bits per heavy atom. The van der Waals surface area contributed by atoms with Crippen LogP contribution in [0.5, 0.6) is 0 Å². The summed E-state index contributed by atoms with van der Waals surface area (Å²) >= 11 is 2.00. The molecule has 2 nitrogen and oxygen atoms in total. The highest BCUT2D eigenvalue weighted by molar-refractivity contribution is 14.1. The van der Waals surface area contributed by atoms with E-state index in [4.69, 9.17) is 5.73 Å². The van der Waals surface area contributed by atoms with Gasteiger partial charge in [0.2, 0.25) is 0 Å². The highest BCUT2D eigenvalue weighted by Crippen LogP contribution is 1.69. The largest absolute Gasteiger partial charge is 0.316 e. The van der Waals surface area contributed by atoms with E-state index in [-0.39, 0.29) is 6.17 Å². The summed E-state index contributed by atoms with van der Waals surface area (Å²) in [4.78, 5) is 0. The maximum absolute atomic E-state index is 5.17. The summed E-state index contributed by atoms with van der Waals surface area (Å²) in [5.41, 5.74) is 5.17. The molecule has 0 heterocycles. The molecule has 0 aromatic heterocycles. The maximum atomic E-state index is 5.17. The Kier molecular flexibility index (Phi) is 3.24. The Balaban J connectivity index is 2.54. The van der Waals surface area contributed by atoms with Crippen molar-refractivity contribution in [1.82, 2.24) is 3.53 Å². The fourth-order valence-corrected chi connectivity index (χ4v) is 0. The van der Waals surface area contributed by atoms with E-state index in [9.17, 15) is 0 Å². The van der Waals surface area contributed by atoms with E-state index in [2.05, 4.69) is 3.53 Å². The maximum Gasteiger partial charge on any atom is 0.0606 e. The molecule has 0 spiro atoms. The molecule has 0 saturated carbocycles. The van der Waals surface area contributed by atoms with Gasteiger partial charge in [-0.2, -0.15) is 0 Å². The fourth-order valence-electron chi connectivity index (χ4n) is 0. The van der Waals surface area contributed by atoms with Crippen molar-refractivity contribution in [3.63, 3.8) is 0 Å². The van der Waals surface area contributed by atoms with Gasteiger partial charge in [0.1, 0.15) is 0 Å². The molecule has 0 rings (SSSR count). The molecule has 0 radical (unpaired) electrons. The minimum atomic E-state index is 0.121. The SMILES string of the molecule is C[C@H](N)NI. The van der Waals surface area contributed by atoms with Gasteiger partial charge in [-0.25, -0.2) is 3.53 Å². The van der Waals surface area contributed by atoms with Crippen molar-refractivity contribution in [2.24, 2.45) is 5.73 Å².